The minimum atomic E-state index is 0.131. The lowest BCUT2D eigenvalue weighted by Crippen LogP contribution is -2.51. The molecule has 0 N–H and O–H groups in total. The van der Waals surface area contributed by atoms with Crippen molar-refractivity contribution in [3.05, 3.63) is 54.4 Å². The van der Waals surface area contributed by atoms with Crippen molar-refractivity contribution < 1.29 is 4.79 Å². The van der Waals surface area contributed by atoms with Crippen LogP contribution in [-0.4, -0.2) is 93.4 Å². The van der Waals surface area contributed by atoms with Crippen LogP contribution in [0.5, 0.6) is 0 Å². The molecule has 2 atom stereocenters. The summed E-state index contributed by atoms with van der Waals surface area (Å²) < 4.78 is 2.06. The van der Waals surface area contributed by atoms with E-state index >= 15 is 0 Å². The van der Waals surface area contributed by atoms with Crippen molar-refractivity contribution in [1.29, 1.82) is 0 Å². The summed E-state index contributed by atoms with van der Waals surface area (Å²) in [5.74, 6) is 3.47. The molecule has 0 spiro atoms. The Bertz CT molecular complexity index is 994. The highest BCUT2D eigenvalue weighted by Gasteiger charge is 2.40. The van der Waals surface area contributed by atoms with Gasteiger partial charge in [0, 0.05) is 69.8 Å². The van der Waals surface area contributed by atoms with Crippen LogP contribution in [0.2, 0.25) is 0 Å². The summed E-state index contributed by atoms with van der Waals surface area (Å²) in [6.07, 6.45) is 0.987. The molecule has 1 amide bonds. The van der Waals surface area contributed by atoms with E-state index < -0.39 is 0 Å². The number of hydrogen-bond acceptors (Lipinski definition) is 6. The lowest BCUT2D eigenvalue weighted by Gasteiger charge is -2.38. The van der Waals surface area contributed by atoms with E-state index in [1.54, 1.807) is 6.92 Å². The van der Waals surface area contributed by atoms with Crippen molar-refractivity contribution in [2.45, 2.75) is 32.4 Å². The number of aryl methyl sites for hydroxylation is 1. The molecule has 0 saturated carbocycles. The Hall–Kier alpha value is -2.45. The van der Waals surface area contributed by atoms with Crippen LogP contribution in [0, 0.1) is 6.92 Å². The van der Waals surface area contributed by atoms with E-state index in [4.69, 9.17) is 5.10 Å². The van der Waals surface area contributed by atoms with Crippen LogP contribution in [0.1, 0.15) is 19.0 Å². The van der Waals surface area contributed by atoms with Gasteiger partial charge in [-0.3, -0.25) is 9.69 Å². The van der Waals surface area contributed by atoms with Gasteiger partial charge in [0.25, 0.3) is 0 Å². The minimum Gasteiger partial charge on any atom is -0.364 e. The van der Waals surface area contributed by atoms with Crippen LogP contribution in [-0.2, 0) is 4.79 Å². The molecule has 0 radical (unpaired) electrons. The van der Waals surface area contributed by atoms with Crippen molar-refractivity contribution in [3.63, 3.8) is 0 Å². The van der Waals surface area contributed by atoms with E-state index in [2.05, 4.69) is 68.1 Å². The fraction of sp³-hybridized carbons (Fsp3) is 0.520. The average molecular weight is 467 g/mol. The highest BCUT2D eigenvalue weighted by atomic mass is 32.2. The molecule has 33 heavy (non-hydrogen) atoms. The van der Waals surface area contributed by atoms with Crippen LogP contribution in [0.3, 0.4) is 0 Å². The van der Waals surface area contributed by atoms with E-state index in [1.807, 2.05) is 17.8 Å². The molecule has 0 bridgehead atoms. The molecular formula is C25H34N6OS. The number of aromatic nitrogens is 2. The third-order valence-electron chi connectivity index (χ3n) is 7.20. The normalized spacial score (nSPS) is 24.0. The number of anilines is 1. The van der Waals surface area contributed by atoms with Gasteiger partial charge in [-0.15, -0.1) is 11.8 Å². The molecule has 7 nitrogen and oxygen atoms in total. The monoisotopic (exact) mass is 466 g/mol. The van der Waals surface area contributed by atoms with Crippen LogP contribution in [0.25, 0.3) is 5.69 Å². The smallest absolute Gasteiger partial charge is 0.220 e. The maximum Gasteiger partial charge on any atom is 0.220 e. The van der Waals surface area contributed by atoms with E-state index in [0.29, 0.717) is 6.04 Å². The number of hydrogen-bond donors (Lipinski definition) is 0. The molecule has 176 valence electrons. The van der Waals surface area contributed by atoms with Gasteiger partial charge in [0.2, 0.25) is 5.91 Å². The number of thioether (sulfide) groups is 1. The Morgan fingerprint density at radius 1 is 1.12 bits per heavy atom. The van der Waals surface area contributed by atoms with Gasteiger partial charge in [-0.25, -0.2) is 4.68 Å². The van der Waals surface area contributed by atoms with Crippen molar-refractivity contribution in [3.8, 4) is 5.69 Å². The molecule has 5 rings (SSSR count). The fourth-order valence-corrected chi connectivity index (χ4v) is 6.37. The summed E-state index contributed by atoms with van der Waals surface area (Å²) in [6.45, 7) is 13.9. The SMILES string of the molecule is C=C([C@@H]1C[C@H](N2CCN(c3cc(C)nn3-c3ccccc3)CC2)CN1C(C)=O)N1CCSC1. The van der Waals surface area contributed by atoms with E-state index in [1.165, 1.54) is 0 Å². The number of carbonyl (C=O) groups excluding carboxylic acids is 1. The first-order valence-electron chi connectivity index (χ1n) is 11.9. The summed E-state index contributed by atoms with van der Waals surface area (Å²) in [7, 11) is 0. The number of likely N-dealkylation sites (tertiary alicyclic amines) is 1. The van der Waals surface area contributed by atoms with Crippen LogP contribution in [0.4, 0.5) is 5.82 Å². The third-order valence-corrected chi connectivity index (χ3v) is 8.16. The summed E-state index contributed by atoms with van der Waals surface area (Å²) in [5, 5.41) is 4.75. The van der Waals surface area contributed by atoms with Crippen LogP contribution >= 0.6 is 11.8 Å². The minimum absolute atomic E-state index is 0.131. The number of amides is 1. The van der Waals surface area contributed by atoms with Gasteiger partial charge in [0.15, 0.2) is 0 Å². The lowest BCUT2D eigenvalue weighted by molar-refractivity contribution is -0.129. The maximum absolute atomic E-state index is 12.4. The standard InChI is InChI=1S/C25H34N6OS/c1-19-15-25(31(26-19)22-7-5-4-6-8-22)28-11-9-27(10-12-28)23-16-24(30(17-23)21(3)32)20(2)29-13-14-33-18-29/h4-8,15,23-24H,2,9-14,16-18H2,1,3H3/t23-,24-/m0/s1. The molecule has 0 aliphatic carbocycles. The molecule has 3 saturated heterocycles. The first-order valence-corrected chi connectivity index (χ1v) is 13.1. The van der Waals surface area contributed by atoms with Gasteiger partial charge in [-0.05, 0) is 25.5 Å². The average Bonchev–Trinajstić information content (AvgIpc) is 3.59. The number of carbonyl (C=O) groups is 1. The first kappa shape index (κ1) is 22.3. The molecule has 3 aliphatic rings. The van der Waals surface area contributed by atoms with E-state index in [-0.39, 0.29) is 11.9 Å². The fourth-order valence-electron chi connectivity index (χ4n) is 5.38. The van der Waals surface area contributed by atoms with Gasteiger partial charge in [-0.1, -0.05) is 24.8 Å². The van der Waals surface area contributed by atoms with Crippen molar-refractivity contribution in [2.24, 2.45) is 0 Å². The summed E-state index contributed by atoms with van der Waals surface area (Å²) in [4.78, 5) is 21.9. The number of nitrogens with zero attached hydrogens (tertiary/aromatic N) is 6. The molecule has 0 unspecified atom stereocenters. The molecule has 3 fully saturated rings. The van der Waals surface area contributed by atoms with Crippen molar-refractivity contribution in [2.75, 3.05) is 55.8 Å². The van der Waals surface area contributed by atoms with Gasteiger partial charge < -0.3 is 14.7 Å². The predicted molar refractivity (Wildman–Crippen MR) is 135 cm³/mol. The summed E-state index contributed by atoms with van der Waals surface area (Å²) in [6, 6.07) is 13.1. The maximum atomic E-state index is 12.4. The molecule has 2 aromatic rings. The molecule has 3 aliphatic heterocycles. The summed E-state index contributed by atoms with van der Waals surface area (Å²) >= 11 is 1.95. The van der Waals surface area contributed by atoms with E-state index in [9.17, 15) is 4.79 Å². The Kier molecular flexibility index (Phi) is 6.38. The van der Waals surface area contributed by atoms with Gasteiger partial charge >= 0.3 is 0 Å². The highest BCUT2D eigenvalue weighted by Crippen LogP contribution is 2.32. The Morgan fingerprint density at radius 2 is 1.88 bits per heavy atom. The molecule has 1 aromatic carbocycles. The zero-order chi connectivity index (χ0) is 22.9. The second kappa shape index (κ2) is 9.43. The van der Waals surface area contributed by atoms with E-state index in [0.717, 1.165) is 80.2 Å². The molecular weight excluding hydrogens is 432 g/mol. The Labute approximate surface area is 201 Å². The summed E-state index contributed by atoms with van der Waals surface area (Å²) in [5.41, 5.74) is 3.25. The van der Waals surface area contributed by atoms with Gasteiger partial charge in [0.1, 0.15) is 5.82 Å². The topological polar surface area (TPSA) is 47.9 Å². The lowest BCUT2D eigenvalue weighted by atomic mass is 10.1. The molecule has 1 aromatic heterocycles. The highest BCUT2D eigenvalue weighted by molar-refractivity contribution is 7.99. The molecule has 8 heteroatoms. The Balaban J connectivity index is 1.25. The number of para-hydroxylation sites is 1. The zero-order valence-electron chi connectivity index (χ0n) is 19.7. The van der Waals surface area contributed by atoms with Crippen molar-refractivity contribution >= 4 is 23.5 Å². The predicted octanol–water partition coefficient (Wildman–Crippen LogP) is 2.81. The number of piperazine rings is 1. The number of rotatable bonds is 5. The second-order valence-corrected chi connectivity index (χ2v) is 10.4. The van der Waals surface area contributed by atoms with Gasteiger partial charge in [0.05, 0.1) is 23.3 Å². The van der Waals surface area contributed by atoms with Crippen LogP contribution in [0.15, 0.2) is 48.7 Å². The zero-order valence-corrected chi connectivity index (χ0v) is 20.5. The molecule has 4 heterocycles. The van der Waals surface area contributed by atoms with Gasteiger partial charge in [-0.2, -0.15) is 5.10 Å². The number of benzene rings is 1. The third kappa shape index (κ3) is 4.51. The Morgan fingerprint density at radius 3 is 2.55 bits per heavy atom. The quantitative estimate of drug-likeness (QED) is 0.676. The largest absolute Gasteiger partial charge is 0.364 e. The first-order chi connectivity index (χ1) is 16.0. The second-order valence-electron chi connectivity index (χ2n) is 9.28. The van der Waals surface area contributed by atoms with Crippen LogP contribution < -0.4 is 4.90 Å². The van der Waals surface area contributed by atoms with Crippen molar-refractivity contribution in [1.82, 2.24) is 24.5 Å².